The van der Waals surface area contributed by atoms with Crippen molar-refractivity contribution in [1.29, 1.82) is 0 Å². The lowest BCUT2D eigenvalue weighted by atomic mass is 10.1. The van der Waals surface area contributed by atoms with Crippen LogP contribution in [-0.2, 0) is 20.9 Å². The zero-order valence-corrected chi connectivity index (χ0v) is 12.1. The van der Waals surface area contributed by atoms with Gasteiger partial charge in [-0.25, -0.2) is 4.79 Å². The van der Waals surface area contributed by atoms with Crippen LogP contribution >= 0.6 is 0 Å². The van der Waals surface area contributed by atoms with E-state index in [-0.39, 0.29) is 6.61 Å². The van der Waals surface area contributed by atoms with Crippen molar-refractivity contribution in [3.05, 3.63) is 72.1 Å². The van der Waals surface area contributed by atoms with Crippen molar-refractivity contribution in [1.82, 2.24) is 0 Å². The third-order valence-corrected chi connectivity index (χ3v) is 2.83. The first-order valence-corrected chi connectivity index (χ1v) is 6.68. The molecule has 0 fully saturated rings. The second-order valence-corrected chi connectivity index (χ2v) is 4.48. The number of amides is 1. The Kier molecular flexibility index (Phi) is 5.54. The summed E-state index contributed by atoms with van der Waals surface area (Å²) >= 11 is 0. The molecular formula is C17H16NO4. The number of esters is 1. The maximum absolute atomic E-state index is 11.7. The maximum atomic E-state index is 11.7. The molecule has 0 unspecified atom stereocenters. The van der Waals surface area contributed by atoms with E-state index < -0.39 is 12.1 Å². The molecule has 0 aliphatic heterocycles. The molecule has 0 aliphatic rings. The maximum Gasteiger partial charge on any atom is 0.411 e. The Hall–Kier alpha value is -2.82. The SMILES string of the molecule is COC(=O)[CH]c1cccc(NC(=O)OCc2ccccc2)c1. The average Bonchev–Trinajstić information content (AvgIpc) is 2.54. The fourth-order valence-electron chi connectivity index (χ4n) is 1.78. The number of methoxy groups -OCH3 is 1. The van der Waals surface area contributed by atoms with Gasteiger partial charge in [0.1, 0.15) is 6.61 Å². The standard InChI is InChI=1S/C17H16NO4/c1-21-16(19)11-14-8-5-9-15(10-14)18-17(20)22-12-13-6-3-2-4-7-13/h2-11H,12H2,1H3,(H,18,20). The predicted octanol–water partition coefficient (Wildman–Crippen LogP) is 3.16. The predicted molar refractivity (Wildman–Crippen MR) is 82.1 cm³/mol. The van der Waals surface area contributed by atoms with E-state index in [1.165, 1.54) is 13.5 Å². The molecule has 1 radical (unpaired) electrons. The van der Waals surface area contributed by atoms with Crippen LogP contribution in [0, 0.1) is 6.42 Å². The fraction of sp³-hybridized carbons (Fsp3) is 0.118. The van der Waals surface area contributed by atoms with Gasteiger partial charge in [0.25, 0.3) is 0 Å². The molecule has 0 saturated carbocycles. The van der Waals surface area contributed by atoms with Crippen molar-refractivity contribution in [3.63, 3.8) is 0 Å². The number of anilines is 1. The summed E-state index contributed by atoms with van der Waals surface area (Å²) in [5.41, 5.74) is 2.08. The summed E-state index contributed by atoms with van der Waals surface area (Å²) in [6.07, 6.45) is 0.777. The van der Waals surface area contributed by atoms with Gasteiger partial charge < -0.3 is 9.47 Å². The van der Waals surface area contributed by atoms with Crippen LogP contribution in [0.2, 0.25) is 0 Å². The van der Waals surface area contributed by atoms with Gasteiger partial charge >= 0.3 is 12.1 Å². The highest BCUT2D eigenvalue weighted by Gasteiger charge is 2.07. The molecule has 22 heavy (non-hydrogen) atoms. The summed E-state index contributed by atoms with van der Waals surface area (Å²) in [5, 5.41) is 2.61. The van der Waals surface area contributed by atoms with Crippen molar-refractivity contribution in [2.45, 2.75) is 6.61 Å². The topological polar surface area (TPSA) is 64.6 Å². The summed E-state index contributed by atoms with van der Waals surface area (Å²) < 4.78 is 9.68. The van der Waals surface area contributed by atoms with E-state index in [2.05, 4.69) is 10.1 Å². The minimum atomic E-state index is -0.556. The molecule has 0 aliphatic carbocycles. The first-order valence-electron chi connectivity index (χ1n) is 6.68. The van der Waals surface area contributed by atoms with Crippen LogP contribution in [0.15, 0.2) is 54.6 Å². The second-order valence-electron chi connectivity index (χ2n) is 4.48. The molecule has 1 N–H and O–H groups in total. The number of hydrogen-bond donors (Lipinski definition) is 1. The third kappa shape index (κ3) is 4.94. The van der Waals surface area contributed by atoms with E-state index in [9.17, 15) is 9.59 Å². The highest BCUT2D eigenvalue weighted by Crippen LogP contribution is 2.13. The van der Waals surface area contributed by atoms with E-state index in [4.69, 9.17) is 4.74 Å². The second kappa shape index (κ2) is 7.83. The van der Waals surface area contributed by atoms with Crippen molar-refractivity contribution in [2.24, 2.45) is 0 Å². The molecular weight excluding hydrogens is 282 g/mol. The van der Waals surface area contributed by atoms with Crippen LogP contribution in [0.3, 0.4) is 0 Å². The molecule has 1 amide bonds. The van der Waals surface area contributed by atoms with Gasteiger partial charge in [-0.1, -0.05) is 42.5 Å². The summed E-state index contributed by atoms with van der Waals surface area (Å²) in [6.45, 7) is 0.195. The largest absolute Gasteiger partial charge is 0.469 e. The van der Waals surface area contributed by atoms with Crippen molar-refractivity contribution < 1.29 is 19.1 Å². The molecule has 0 bridgehead atoms. The monoisotopic (exact) mass is 298 g/mol. The average molecular weight is 298 g/mol. The van der Waals surface area contributed by atoms with Gasteiger partial charge in [0.2, 0.25) is 0 Å². The van der Waals surface area contributed by atoms with Crippen molar-refractivity contribution in [2.75, 3.05) is 12.4 Å². The molecule has 5 heteroatoms. The molecule has 0 atom stereocenters. The van der Waals surface area contributed by atoms with Crippen molar-refractivity contribution in [3.8, 4) is 0 Å². The summed E-state index contributed by atoms with van der Waals surface area (Å²) in [7, 11) is 1.31. The van der Waals surface area contributed by atoms with Gasteiger partial charge in [0, 0.05) is 5.69 Å². The summed E-state index contributed by atoms with van der Waals surface area (Å²) in [4.78, 5) is 22.9. The molecule has 5 nitrogen and oxygen atoms in total. The van der Waals surface area contributed by atoms with Gasteiger partial charge in [0.05, 0.1) is 13.5 Å². The smallest absolute Gasteiger partial charge is 0.411 e. The molecule has 113 valence electrons. The number of carbonyl (C=O) groups excluding carboxylic acids is 2. The van der Waals surface area contributed by atoms with Crippen LogP contribution in [0.25, 0.3) is 0 Å². The number of carbonyl (C=O) groups is 2. The zero-order chi connectivity index (χ0) is 15.8. The lowest BCUT2D eigenvalue weighted by Gasteiger charge is -2.08. The molecule has 0 aromatic heterocycles. The van der Waals surface area contributed by atoms with Gasteiger partial charge in [-0.2, -0.15) is 0 Å². The number of ether oxygens (including phenoxy) is 2. The number of benzene rings is 2. The highest BCUT2D eigenvalue weighted by molar-refractivity contribution is 5.86. The molecule has 2 rings (SSSR count). The number of rotatable bonds is 5. The summed E-state index contributed by atoms with van der Waals surface area (Å²) in [5.74, 6) is -0.455. The van der Waals surface area contributed by atoms with Crippen molar-refractivity contribution >= 4 is 17.7 Å². The summed E-state index contributed by atoms with van der Waals surface area (Å²) in [6, 6.07) is 16.2. The lowest BCUT2D eigenvalue weighted by Crippen LogP contribution is -2.13. The van der Waals surface area contributed by atoms with Crippen LogP contribution < -0.4 is 5.32 Å². The Bertz CT molecular complexity index is 640. The first-order chi connectivity index (χ1) is 10.7. The minimum Gasteiger partial charge on any atom is -0.469 e. The van der Waals surface area contributed by atoms with Gasteiger partial charge in [-0.05, 0) is 23.3 Å². The van der Waals surface area contributed by atoms with Crippen LogP contribution in [-0.4, -0.2) is 19.2 Å². The molecule has 0 spiro atoms. The molecule has 2 aromatic carbocycles. The van der Waals surface area contributed by atoms with E-state index in [0.717, 1.165) is 5.56 Å². The number of hydrogen-bond acceptors (Lipinski definition) is 4. The van der Waals surface area contributed by atoms with E-state index in [1.54, 1.807) is 24.3 Å². The van der Waals surface area contributed by atoms with E-state index >= 15 is 0 Å². The minimum absolute atomic E-state index is 0.195. The Morgan fingerprint density at radius 2 is 1.86 bits per heavy atom. The van der Waals surface area contributed by atoms with Crippen LogP contribution in [0.4, 0.5) is 10.5 Å². The van der Waals surface area contributed by atoms with Gasteiger partial charge in [-0.3, -0.25) is 10.1 Å². The fourth-order valence-corrected chi connectivity index (χ4v) is 1.78. The first kappa shape index (κ1) is 15.6. The lowest BCUT2D eigenvalue weighted by molar-refractivity contribution is -0.136. The van der Waals surface area contributed by atoms with E-state index in [0.29, 0.717) is 11.3 Å². The Morgan fingerprint density at radius 1 is 1.09 bits per heavy atom. The molecule has 2 aromatic rings. The normalized spacial score (nSPS) is 9.86. The quantitative estimate of drug-likeness (QED) is 0.861. The Morgan fingerprint density at radius 3 is 2.59 bits per heavy atom. The van der Waals surface area contributed by atoms with Crippen LogP contribution in [0.5, 0.6) is 0 Å². The van der Waals surface area contributed by atoms with Crippen LogP contribution in [0.1, 0.15) is 11.1 Å². The Labute approximate surface area is 128 Å². The third-order valence-electron chi connectivity index (χ3n) is 2.83. The Balaban J connectivity index is 1.88. The van der Waals surface area contributed by atoms with Gasteiger partial charge in [-0.15, -0.1) is 0 Å². The van der Waals surface area contributed by atoms with Gasteiger partial charge in [0.15, 0.2) is 0 Å². The number of nitrogens with one attached hydrogen (secondary N) is 1. The zero-order valence-electron chi connectivity index (χ0n) is 12.1. The molecule has 0 heterocycles. The van der Waals surface area contributed by atoms with E-state index in [1.807, 2.05) is 30.3 Å². The molecule has 0 saturated heterocycles. The highest BCUT2D eigenvalue weighted by atomic mass is 16.5.